The number of fused-ring (bicyclic) bond motifs is 1. The van der Waals surface area contributed by atoms with Crippen LogP contribution in [0.2, 0.25) is 0 Å². The topological polar surface area (TPSA) is 64.6 Å². The van der Waals surface area contributed by atoms with Gasteiger partial charge in [0.2, 0.25) is 0 Å². The largest absolute Gasteiger partial charge is 0.493 e. The third kappa shape index (κ3) is 2.76. The van der Waals surface area contributed by atoms with E-state index in [0.29, 0.717) is 17.3 Å². The zero-order valence-electron chi connectivity index (χ0n) is 11.8. The summed E-state index contributed by atoms with van der Waals surface area (Å²) >= 11 is 0.894. The molecular formula is C15H15NO4S. The quantitative estimate of drug-likeness (QED) is 0.870. The van der Waals surface area contributed by atoms with Gasteiger partial charge in [-0.2, -0.15) is 0 Å². The van der Waals surface area contributed by atoms with Crippen LogP contribution in [0.15, 0.2) is 17.0 Å². The van der Waals surface area contributed by atoms with E-state index < -0.39 is 0 Å². The van der Waals surface area contributed by atoms with Gasteiger partial charge in [-0.3, -0.25) is 14.9 Å². The Labute approximate surface area is 126 Å². The lowest BCUT2D eigenvalue weighted by atomic mass is 10.1. The fraction of sp³-hybridized carbons (Fsp3) is 0.333. The molecule has 0 saturated carbocycles. The van der Waals surface area contributed by atoms with Crippen molar-refractivity contribution in [2.75, 3.05) is 6.61 Å². The Bertz CT molecular complexity index is 653. The van der Waals surface area contributed by atoms with Crippen LogP contribution < -0.4 is 14.8 Å². The van der Waals surface area contributed by atoms with Crippen molar-refractivity contribution in [1.82, 2.24) is 5.32 Å². The van der Waals surface area contributed by atoms with E-state index in [1.807, 2.05) is 26.0 Å². The highest BCUT2D eigenvalue weighted by Crippen LogP contribution is 2.37. The minimum atomic E-state index is -0.373. The molecule has 2 aliphatic rings. The first kappa shape index (κ1) is 14.0. The standard InChI is InChI=1S/C15H15NO4S/c1-3-19-11-5-9-4-8(2)20-12(9)6-10(11)7-13-14(17)16-15(18)21-13/h5-8H,3-4H2,1-2H3,(H,16,17,18)/b13-7-/t8-/m1/s1. The molecule has 0 aromatic heterocycles. The molecule has 1 N–H and O–H groups in total. The Kier molecular flexibility index (Phi) is 3.63. The molecule has 0 unspecified atom stereocenters. The normalized spacial score (nSPS) is 22.2. The lowest BCUT2D eigenvalue weighted by Gasteiger charge is -2.10. The summed E-state index contributed by atoms with van der Waals surface area (Å²) in [4.78, 5) is 23.2. The Morgan fingerprint density at radius 2 is 2.29 bits per heavy atom. The summed E-state index contributed by atoms with van der Waals surface area (Å²) in [6.45, 7) is 4.45. The van der Waals surface area contributed by atoms with Gasteiger partial charge in [-0.15, -0.1) is 0 Å². The van der Waals surface area contributed by atoms with Gasteiger partial charge < -0.3 is 9.47 Å². The molecule has 3 rings (SSSR count). The van der Waals surface area contributed by atoms with Crippen LogP contribution in [0.1, 0.15) is 25.0 Å². The number of hydrogen-bond donors (Lipinski definition) is 1. The van der Waals surface area contributed by atoms with E-state index in [2.05, 4.69) is 5.32 Å². The monoisotopic (exact) mass is 305 g/mol. The van der Waals surface area contributed by atoms with Crippen LogP contribution in [0.5, 0.6) is 11.5 Å². The number of rotatable bonds is 3. The van der Waals surface area contributed by atoms with Crippen LogP contribution in [0, 0.1) is 0 Å². The summed E-state index contributed by atoms with van der Waals surface area (Å²) in [7, 11) is 0. The van der Waals surface area contributed by atoms with E-state index in [0.717, 1.165) is 35.1 Å². The van der Waals surface area contributed by atoms with Gasteiger partial charge in [-0.25, -0.2) is 0 Å². The molecule has 21 heavy (non-hydrogen) atoms. The number of thioether (sulfide) groups is 1. The van der Waals surface area contributed by atoms with E-state index in [1.165, 1.54) is 0 Å². The van der Waals surface area contributed by atoms with Crippen molar-refractivity contribution in [1.29, 1.82) is 0 Å². The zero-order chi connectivity index (χ0) is 15.0. The van der Waals surface area contributed by atoms with E-state index in [1.54, 1.807) is 6.08 Å². The van der Waals surface area contributed by atoms with Crippen molar-refractivity contribution in [2.24, 2.45) is 0 Å². The van der Waals surface area contributed by atoms with Crippen LogP contribution in [0.4, 0.5) is 4.79 Å². The van der Waals surface area contributed by atoms with Crippen molar-refractivity contribution in [3.05, 3.63) is 28.2 Å². The first-order valence-electron chi connectivity index (χ1n) is 6.78. The molecule has 1 aromatic rings. The van der Waals surface area contributed by atoms with E-state index in [-0.39, 0.29) is 17.3 Å². The summed E-state index contributed by atoms with van der Waals surface area (Å²) < 4.78 is 11.4. The lowest BCUT2D eigenvalue weighted by Crippen LogP contribution is -2.17. The second kappa shape index (κ2) is 5.44. The number of hydrogen-bond acceptors (Lipinski definition) is 5. The van der Waals surface area contributed by atoms with E-state index in [4.69, 9.17) is 9.47 Å². The predicted molar refractivity (Wildman–Crippen MR) is 80.5 cm³/mol. The second-order valence-electron chi connectivity index (χ2n) is 4.92. The van der Waals surface area contributed by atoms with E-state index in [9.17, 15) is 9.59 Å². The average Bonchev–Trinajstić information content (AvgIpc) is 2.91. The molecule has 0 aliphatic carbocycles. The van der Waals surface area contributed by atoms with Crippen molar-refractivity contribution in [3.8, 4) is 11.5 Å². The molecular weight excluding hydrogens is 290 g/mol. The molecule has 5 nitrogen and oxygen atoms in total. The molecule has 2 aliphatic heterocycles. The third-order valence-corrected chi connectivity index (χ3v) is 4.07. The zero-order valence-corrected chi connectivity index (χ0v) is 12.6. The molecule has 0 radical (unpaired) electrons. The molecule has 1 saturated heterocycles. The van der Waals surface area contributed by atoms with Gasteiger partial charge >= 0.3 is 0 Å². The fourth-order valence-electron chi connectivity index (χ4n) is 2.41. The molecule has 6 heteroatoms. The third-order valence-electron chi connectivity index (χ3n) is 3.26. The van der Waals surface area contributed by atoms with Gasteiger partial charge in [0.1, 0.15) is 17.6 Å². The minimum Gasteiger partial charge on any atom is -0.493 e. The maximum absolute atomic E-state index is 11.7. The maximum atomic E-state index is 11.7. The number of carbonyl (C=O) groups excluding carboxylic acids is 2. The van der Waals surface area contributed by atoms with Crippen LogP contribution in [0.3, 0.4) is 0 Å². The number of imide groups is 1. The highest BCUT2D eigenvalue weighted by molar-refractivity contribution is 8.18. The van der Waals surface area contributed by atoms with Crippen LogP contribution >= 0.6 is 11.8 Å². The first-order chi connectivity index (χ1) is 10.1. The van der Waals surface area contributed by atoms with Gasteiger partial charge in [-0.05, 0) is 43.8 Å². The average molecular weight is 305 g/mol. The molecule has 0 bridgehead atoms. The smallest absolute Gasteiger partial charge is 0.290 e. The SMILES string of the molecule is CCOc1cc2c(cc1/C=C1\SC(=O)NC1=O)O[C@H](C)C2. The number of amides is 2. The minimum absolute atomic E-state index is 0.142. The van der Waals surface area contributed by atoms with Crippen LogP contribution in [0.25, 0.3) is 6.08 Å². The van der Waals surface area contributed by atoms with Gasteiger partial charge in [0.25, 0.3) is 11.1 Å². The van der Waals surface area contributed by atoms with Gasteiger partial charge in [0.05, 0.1) is 11.5 Å². The number of nitrogens with one attached hydrogen (secondary N) is 1. The Balaban J connectivity index is 2.01. The molecule has 2 amide bonds. The molecule has 110 valence electrons. The van der Waals surface area contributed by atoms with Crippen molar-refractivity contribution < 1.29 is 19.1 Å². The van der Waals surface area contributed by atoms with Crippen LogP contribution in [-0.2, 0) is 11.2 Å². The lowest BCUT2D eigenvalue weighted by molar-refractivity contribution is -0.115. The fourth-order valence-corrected chi connectivity index (χ4v) is 3.08. The van der Waals surface area contributed by atoms with Crippen molar-refractivity contribution in [3.63, 3.8) is 0 Å². The van der Waals surface area contributed by atoms with Gasteiger partial charge in [0.15, 0.2) is 0 Å². The van der Waals surface area contributed by atoms with Gasteiger partial charge in [0, 0.05) is 17.5 Å². The predicted octanol–water partition coefficient (Wildman–Crippen LogP) is 2.73. The Hall–Kier alpha value is -1.95. The van der Waals surface area contributed by atoms with Crippen molar-refractivity contribution in [2.45, 2.75) is 26.4 Å². The maximum Gasteiger partial charge on any atom is 0.290 e. The Morgan fingerprint density at radius 3 is 2.95 bits per heavy atom. The molecule has 1 atom stereocenters. The second-order valence-corrected chi connectivity index (χ2v) is 5.93. The molecule has 1 fully saturated rings. The van der Waals surface area contributed by atoms with E-state index >= 15 is 0 Å². The Morgan fingerprint density at radius 1 is 1.48 bits per heavy atom. The number of benzene rings is 1. The molecule has 0 spiro atoms. The number of ether oxygens (including phenoxy) is 2. The summed E-state index contributed by atoms with van der Waals surface area (Å²) in [6.07, 6.45) is 2.66. The highest BCUT2D eigenvalue weighted by Gasteiger charge is 2.27. The first-order valence-corrected chi connectivity index (χ1v) is 7.59. The summed E-state index contributed by atoms with van der Waals surface area (Å²) in [5.41, 5.74) is 1.85. The molecule has 1 aromatic carbocycles. The summed E-state index contributed by atoms with van der Waals surface area (Å²) in [6, 6.07) is 3.82. The highest BCUT2D eigenvalue weighted by atomic mass is 32.2. The number of carbonyl (C=O) groups is 2. The summed E-state index contributed by atoms with van der Waals surface area (Å²) in [5.74, 6) is 1.14. The van der Waals surface area contributed by atoms with Crippen molar-refractivity contribution >= 4 is 29.0 Å². The molecule has 2 heterocycles. The van der Waals surface area contributed by atoms with Crippen LogP contribution in [-0.4, -0.2) is 23.9 Å². The van der Waals surface area contributed by atoms with Gasteiger partial charge in [-0.1, -0.05) is 0 Å². The summed E-state index contributed by atoms with van der Waals surface area (Å²) in [5, 5.41) is 1.89.